The van der Waals surface area contributed by atoms with Gasteiger partial charge in [-0.2, -0.15) is 0 Å². The van der Waals surface area contributed by atoms with Gasteiger partial charge in [-0.15, -0.1) is 0 Å². The Morgan fingerprint density at radius 2 is 2.05 bits per heavy atom. The molecule has 0 atom stereocenters. The van der Waals surface area contributed by atoms with Crippen molar-refractivity contribution in [1.29, 1.82) is 0 Å². The van der Waals surface area contributed by atoms with Gasteiger partial charge in [0, 0.05) is 22.5 Å². The molecule has 0 unspecified atom stereocenters. The number of aromatic nitrogens is 1. The monoisotopic (exact) mass is 271 g/mol. The second kappa shape index (κ2) is 5.33. The topological polar surface area (TPSA) is 70.2 Å². The largest absolute Gasteiger partial charge is 0.478 e. The molecule has 2 aromatic rings. The Balaban J connectivity index is 2.71. The van der Waals surface area contributed by atoms with Crippen LogP contribution in [0.25, 0.3) is 17.0 Å². The Bertz CT molecular complexity index is 754. The van der Waals surface area contributed by atoms with Gasteiger partial charge in [0.15, 0.2) is 0 Å². The summed E-state index contributed by atoms with van der Waals surface area (Å²) < 4.78 is 0. The second-order valence-corrected chi connectivity index (χ2v) is 5.12. The zero-order valence-electron chi connectivity index (χ0n) is 11.7. The molecule has 4 nitrogen and oxygen atoms in total. The number of fused-ring (bicyclic) bond motifs is 1. The number of aliphatic carboxylic acids is 1. The molecule has 20 heavy (non-hydrogen) atoms. The number of aromatic amines is 1. The van der Waals surface area contributed by atoms with Gasteiger partial charge in [-0.3, -0.25) is 4.79 Å². The third-order valence-electron chi connectivity index (χ3n) is 3.40. The number of H-pyrrole nitrogens is 1. The molecular formula is C16H17NO3. The summed E-state index contributed by atoms with van der Waals surface area (Å²) in [6.07, 6.45) is 2.33. The summed E-state index contributed by atoms with van der Waals surface area (Å²) in [5.74, 6) is -0.677. The van der Waals surface area contributed by atoms with E-state index in [1.807, 2.05) is 25.1 Å². The fraction of sp³-hybridized carbons (Fsp3) is 0.250. The summed E-state index contributed by atoms with van der Waals surface area (Å²) in [5.41, 5.74) is 2.86. The summed E-state index contributed by atoms with van der Waals surface area (Å²) in [6, 6.07) is 5.93. The average molecular weight is 271 g/mol. The first kappa shape index (κ1) is 14.1. The number of carboxylic acids is 1. The van der Waals surface area contributed by atoms with E-state index in [-0.39, 0.29) is 5.56 Å². The zero-order chi connectivity index (χ0) is 14.9. The van der Waals surface area contributed by atoms with Crippen LogP contribution in [-0.2, 0) is 4.79 Å². The minimum atomic E-state index is -1.07. The lowest BCUT2D eigenvalue weighted by molar-refractivity contribution is -0.131. The maximum Gasteiger partial charge on any atom is 0.328 e. The van der Waals surface area contributed by atoms with E-state index in [4.69, 9.17) is 5.11 Å². The van der Waals surface area contributed by atoms with Gasteiger partial charge in [-0.1, -0.05) is 19.9 Å². The highest BCUT2D eigenvalue weighted by Gasteiger charge is 2.09. The Morgan fingerprint density at radius 3 is 2.65 bits per heavy atom. The maximum atomic E-state index is 12.0. The Morgan fingerprint density at radius 1 is 1.35 bits per heavy atom. The van der Waals surface area contributed by atoms with Crippen molar-refractivity contribution >= 4 is 22.9 Å². The number of nitrogens with one attached hydrogen (secondary N) is 1. The van der Waals surface area contributed by atoms with Gasteiger partial charge < -0.3 is 10.1 Å². The third kappa shape index (κ3) is 2.64. The zero-order valence-corrected chi connectivity index (χ0v) is 11.7. The highest BCUT2D eigenvalue weighted by atomic mass is 16.4. The van der Waals surface area contributed by atoms with Crippen LogP contribution in [0.15, 0.2) is 29.1 Å². The van der Waals surface area contributed by atoms with E-state index < -0.39 is 5.97 Å². The van der Waals surface area contributed by atoms with Gasteiger partial charge in [0.05, 0.1) is 0 Å². The number of rotatable bonds is 3. The van der Waals surface area contributed by atoms with E-state index in [2.05, 4.69) is 18.8 Å². The number of benzene rings is 1. The Labute approximate surface area is 116 Å². The molecule has 1 aromatic carbocycles. The van der Waals surface area contributed by atoms with E-state index in [9.17, 15) is 9.59 Å². The molecule has 0 radical (unpaired) electrons. The Kier molecular flexibility index (Phi) is 3.74. The van der Waals surface area contributed by atoms with Crippen molar-refractivity contribution in [2.75, 3.05) is 0 Å². The molecule has 2 N–H and O–H groups in total. The standard InChI is InChI=1S/C16H17NO3/c1-9(2)11-4-6-14-13(8-11)10(3)12(16(20)17-14)5-7-15(18)19/h4-9H,1-3H3,(H,17,20)(H,18,19)/b7-5+. The van der Waals surface area contributed by atoms with Crippen LogP contribution < -0.4 is 5.56 Å². The molecule has 0 fully saturated rings. The van der Waals surface area contributed by atoms with Crippen LogP contribution in [0.5, 0.6) is 0 Å². The minimum Gasteiger partial charge on any atom is -0.478 e. The molecule has 0 aliphatic heterocycles. The fourth-order valence-corrected chi connectivity index (χ4v) is 2.20. The van der Waals surface area contributed by atoms with Crippen LogP contribution in [-0.4, -0.2) is 16.1 Å². The van der Waals surface area contributed by atoms with Crippen LogP contribution in [0.1, 0.15) is 36.5 Å². The molecule has 0 aliphatic rings. The van der Waals surface area contributed by atoms with Crippen molar-refractivity contribution in [3.05, 3.63) is 51.3 Å². The first-order valence-electron chi connectivity index (χ1n) is 6.47. The second-order valence-electron chi connectivity index (χ2n) is 5.12. The van der Waals surface area contributed by atoms with Crippen molar-refractivity contribution < 1.29 is 9.90 Å². The third-order valence-corrected chi connectivity index (χ3v) is 3.40. The number of pyridine rings is 1. The van der Waals surface area contributed by atoms with Gasteiger partial charge in [0.1, 0.15) is 0 Å². The molecule has 4 heteroatoms. The first-order chi connectivity index (χ1) is 9.40. The average Bonchev–Trinajstić information content (AvgIpc) is 2.37. The van der Waals surface area contributed by atoms with E-state index in [0.29, 0.717) is 11.5 Å². The number of aryl methyl sites for hydroxylation is 1. The number of hydrogen-bond acceptors (Lipinski definition) is 2. The molecule has 104 valence electrons. The van der Waals surface area contributed by atoms with Gasteiger partial charge in [0.2, 0.25) is 0 Å². The lowest BCUT2D eigenvalue weighted by atomic mass is 9.97. The lowest BCUT2D eigenvalue weighted by Crippen LogP contribution is -2.12. The summed E-state index contributed by atoms with van der Waals surface area (Å²) in [4.78, 5) is 25.4. The summed E-state index contributed by atoms with van der Waals surface area (Å²) in [5, 5.41) is 9.63. The highest BCUT2D eigenvalue weighted by molar-refractivity contribution is 5.89. The molecule has 0 amide bonds. The quantitative estimate of drug-likeness (QED) is 0.843. The first-order valence-corrected chi connectivity index (χ1v) is 6.47. The van der Waals surface area contributed by atoms with Crippen molar-refractivity contribution in [2.24, 2.45) is 0 Å². The predicted molar refractivity (Wildman–Crippen MR) is 80.1 cm³/mol. The van der Waals surface area contributed by atoms with Crippen molar-refractivity contribution in [1.82, 2.24) is 4.98 Å². The van der Waals surface area contributed by atoms with Crippen LogP contribution in [0.3, 0.4) is 0 Å². The molecular weight excluding hydrogens is 254 g/mol. The maximum absolute atomic E-state index is 12.0. The van der Waals surface area contributed by atoms with E-state index in [0.717, 1.165) is 22.5 Å². The van der Waals surface area contributed by atoms with Crippen LogP contribution in [0.2, 0.25) is 0 Å². The van der Waals surface area contributed by atoms with Crippen molar-refractivity contribution in [2.45, 2.75) is 26.7 Å². The minimum absolute atomic E-state index is 0.273. The molecule has 0 bridgehead atoms. The van der Waals surface area contributed by atoms with Gasteiger partial charge in [-0.25, -0.2) is 4.79 Å². The van der Waals surface area contributed by atoms with Crippen LogP contribution in [0.4, 0.5) is 0 Å². The lowest BCUT2D eigenvalue weighted by Gasteiger charge is -2.10. The summed E-state index contributed by atoms with van der Waals surface area (Å²) >= 11 is 0. The normalized spacial score (nSPS) is 11.6. The smallest absolute Gasteiger partial charge is 0.328 e. The van der Waals surface area contributed by atoms with Crippen molar-refractivity contribution in [3.8, 4) is 0 Å². The van der Waals surface area contributed by atoms with E-state index >= 15 is 0 Å². The molecule has 0 spiro atoms. The molecule has 1 aromatic heterocycles. The number of hydrogen-bond donors (Lipinski definition) is 2. The fourth-order valence-electron chi connectivity index (χ4n) is 2.20. The molecule has 2 rings (SSSR count). The van der Waals surface area contributed by atoms with Crippen molar-refractivity contribution in [3.63, 3.8) is 0 Å². The van der Waals surface area contributed by atoms with Crippen LogP contribution in [0, 0.1) is 6.92 Å². The molecule has 0 aliphatic carbocycles. The number of carbonyl (C=O) groups is 1. The predicted octanol–water partition coefficient (Wildman–Crippen LogP) is 3.06. The Hall–Kier alpha value is -2.36. The molecule has 0 saturated carbocycles. The van der Waals surface area contributed by atoms with Gasteiger partial charge in [-0.05, 0) is 42.2 Å². The van der Waals surface area contributed by atoms with Gasteiger partial charge >= 0.3 is 5.97 Å². The van der Waals surface area contributed by atoms with Gasteiger partial charge in [0.25, 0.3) is 5.56 Å². The van der Waals surface area contributed by atoms with Crippen LogP contribution >= 0.6 is 0 Å². The molecule has 1 heterocycles. The summed E-state index contributed by atoms with van der Waals surface area (Å²) in [6.45, 7) is 6.05. The highest BCUT2D eigenvalue weighted by Crippen LogP contribution is 2.23. The number of carboxylic acid groups (broad SMARTS) is 1. The SMILES string of the molecule is Cc1c(/C=C/C(=O)O)c(=O)[nH]c2ccc(C(C)C)cc12. The van der Waals surface area contributed by atoms with E-state index in [1.165, 1.54) is 11.6 Å². The molecule has 0 saturated heterocycles. The van der Waals surface area contributed by atoms with E-state index in [1.54, 1.807) is 0 Å². The summed E-state index contributed by atoms with van der Waals surface area (Å²) in [7, 11) is 0.